The van der Waals surface area contributed by atoms with Crippen LogP contribution in [-0.4, -0.2) is 18.0 Å². The van der Waals surface area contributed by atoms with Crippen LogP contribution in [0.2, 0.25) is 19.6 Å². The molecule has 1 aromatic heterocycles. The number of nitrogens with one attached hydrogen (secondary N) is 1. The van der Waals surface area contributed by atoms with E-state index in [0.717, 1.165) is 6.04 Å². The number of aromatic amines is 1. The van der Waals surface area contributed by atoms with E-state index in [1.165, 1.54) is 5.56 Å². The summed E-state index contributed by atoms with van der Waals surface area (Å²) >= 11 is 0. The molecule has 118 valence electrons. The van der Waals surface area contributed by atoms with Crippen molar-refractivity contribution in [2.45, 2.75) is 39.0 Å². The average molecular weight is 317 g/mol. The molecule has 0 unspecified atom stereocenters. The third kappa shape index (κ3) is 4.21. The van der Waals surface area contributed by atoms with Crippen molar-refractivity contribution in [2.24, 2.45) is 0 Å². The molecule has 22 heavy (non-hydrogen) atoms. The number of aromatic nitrogens is 2. The van der Waals surface area contributed by atoms with Crippen LogP contribution in [-0.2, 0) is 12.5 Å². The zero-order chi connectivity index (χ0) is 16.3. The van der Waals surface area contributed by atoms with Gasteiger partial charge in [-0.25, -0.2) is 4.98 Å². The monoisotopic (exact) mass is 317 g/mol. The fourth-order valence-corrected chi connectivity index (χ4v) is 3.77. The van der Waals surface area contributed by atoms with E-state index < -0.39 is 8.07 Å². The highest BCUT2D eigenvalue weighted by Crippen LogP contribution is 2.23. The molecule has 0 amide bonds. The summed E-state index contributed by atoms with van der Waals surface area (Å²) in [7, 11) is -1.20. The lowest BCUT2D eigenvalue weighted by Gasteiger charge is -2.16. The van der Waals surface area contributed by atoms with Crippen LogP contribution in [0.3, 0.4) is 0 Å². The smallest absolute Gasteiger partial charge is 0.295 e. The van der Waals surface area contributed by atoms with Crippen LogP contribution in [0.1, 0.15) is 18.2 Å². The van der Waals surface area contributed by atoms with Crippen LogP contribution in [0.15, 0.2) is 29.1 Å². The van der Waals surface area contributed by atoms with Gasteiger partial charge in [-0.05, 0) is 30.2 Å². The Labute approximate surface area is 131 Å². The molecule has 6 heteroatoms. The summed E-state index contributed by atoms with van der Waals surface area (Å²) in [4.78, 5) is 18.7. The minimum Gasteiger partial charge on any atom is -0.450 e. The van der Waals surface area contributed by atoms with E-state index in [4.69, 9.17) is 10.5 Å². The molecular weight excluding hydrogens is 294 g/mol. The largest absolute Gasteiger partial charge is 0.450 e. The van der Waals surface area contributed by atoms with Gasteiger partial charge in [0.05, 0.1) is 5.69 Å². The number of nitrogens with two attached hydrogens (primary N) is 1. The summed E-state index contributed by atoms with van der Waals surface area (Å²) in [6.45, 7) is 8.88. The third-order valence-electron chi connectivity index (χ3n) is 3.15. The highest BCUT2D eigenvalue weighted by atomic mass is 28.3. The molecule has 0 atom stereocenters. The highest BCUT2D eigenvalue weighted by molar-refractivity contribution is 6.75. The molecule has 0 aliphatic carbocycles. The summed E-state index contributed by atoms with van der Waals surface area (Å²) in [5, 5.41) is 0. The van der Waals surface area contributed by atoms with E-state index in [0.29, 0.717) is 17.9 Å². The standard InChI is InChI=1S/C16H23N3O2Si/c1-5-13-14(15(20)19-16(17)18-13)21-12-8-6-7-11(9-12)10-22(2,3)4/h6-9H,5,10H2,1-4H3,(H3,17,18,19,20). The fourth-order valence-electron chi connectivity index (χ4n) is 2.32. The van der Waals surface area contributed by atoms with Crippen LogP contribution >= 0.6 is 0 Å². The number of benzene rings is 1. The van der Waals surface area contributed by atoms with Crippen molar-refractivity contribution >= 4 is 14.0 Å². The summed E-state index contributed by atoms with van der Waals surface area (Å²) in [5.74, 6) is 0.992. The van der Waals surface area contributed by atoms with Gasteiger partial charge < -0.3 is 10.5 Å². The summed E-state index contributed by atoms with van der Waals surface area (Å²) in [6.07, 6.45) is 0.581. The van der Waals surface area contributed by atoms with Gasteiger partial charge in [0.1, 0.15) is 5.75 Å². The van der Waals surface area contributed by atoms with Gasteiger partial charge in [0.25, 0.3) is 5.56 Å². The van der Waals surface area contributed by atoms with Gasteiger partial charge in [-0.3, -0.25) is 9.78 Å². The van der Waals surface area contributed by atoms with Gasteiger partial charge in [-0.2, -0.15) is 0 Å². The number of aryl methyl sites for hydroxylation is 1. The molecule has 3 N–H and O–H groups in total. The van der Waals surface area contributed by atoms with E-state index in [1.54, 1.807) is 0 Å². The Morgan fingerprint density at radius 1 is 1.32 bits per heavy atom. The quantitative estimate of drug-likeness (QED) is 0.830. The number of nitrogen functional groups attached to an aromatic ring is 1. The van der Waals surface area contributed by atoms with Gasteiger partial charge in [-0.1, -0.05) is 38.7 Å². The van der Waals surface area contributed by atoms with Gasteiger partial charge in [0.15, 0.2) is 0 Å². The normalized spacial score (nSPS) is 11.5. The van der Waals surface area contributed by atoms with Gasteiger partial charge in [-0.15, -0.1) is 0 Å². The minimum absolute atomic E-state index is 0.113. The minimum atomic E-state index is -1.20. The fraction of sp³-hybridized carbons (Fsp3) is 0.375. The second-order valence-electron chi connectivity index (χ2n) is 6.57. The van der Waals surface area contributed by atoms with E-state index in [9.17, 15) is 4.79 Å². The second-order valence-corrected chi connectivity index (χ2v) is 12.0. The molecule has 1 heterocycles. The number of H-pyrrole nitrogens is 1. The lowest BCUT2D eigenvalue weighted by molar-refractivity contribution is 0.464. The van der Waals surface area contributed by atoms with Crippen molar-refractivity contribution in [3.8, 4) is 11.5 Å². The molecule has 0 radical (unpaired) electrons. The molecule has 2 aromatic rings. The van der Waals surface area contributed by atoms with Crippen LogP contribution in [0.4, 0.5) is 5.95 Å². The molecule has 0 saturated carbocycles. The average Bonchev–Trinajstić information content (AvgIpc) is 2.40. The topological polar surface area (TPSA) is 81.0 Å². The third-order valence-corrected chi connectivity index (χ3v) is 4.62. The van der Waals surface area contributed by atoms with E-state index in [-0.39, 0.29) is 17.3 Å². The van der Waals surface area contributed by atoms with Gasteiger partial charge in [0.2, 0.25) is 11.7 Å². The molecule has 0 bridgehead atoms. The first-order valence-corrected chi connectivity index (χ1v) is 11.1. The van der Waals surface area contributed by atoms with Crippen LogP contribution < -0.4 is 16.0 Å². The van der Waals surface area contributed by atoms with Crippen molar-refractivity contribution in [3.63, 3.8) is 0 Å². The van der Waals surface area contributed by atoms with Crippen molar-refractivity contribution in [1.29, 1.82) is 0 Å². The Bertz CT molecular complexity index is 720. The van der Waals surface area contributed by atoms with Crippen LogP contribution in [0, 0.1) is 0 Å². The Hall–Kier alpha value is -2.08. The maximum Gasteiger partial charge on any atom is 0.295 e. The molecule has 1 aromatic carbocycles. The molecular formula is C16H23N3O2Si. The SMILES string of the molecule is CCc1nc(N)[nH]c(=O)c1Oc1cccc(C[Si](C)(C)C)c1. The van der Waals surface area contributed by atoms with Crippen molar-refractivity contribution in [3.05, 3.63) is 45.9 Å². The molecule has 0 fully saturated rings. The van der Waals surface area contributed by atoms with Crippen LogP contribution in [0.25, 0.3) is 0 Å². The molecule has 0 spiro atoms. The van der Waals surface area contributed by atoms with Gasteiger partial charge in [0, 0.05) is 8.07 Å². The number of anilines is 1. The number of rotatable bonds is 5. The number of hydrogen-bond donors (Lipinski definition) is 2. The Balaban J connectivity index is 2.32. The first-order valence-electron chi connectivity index (χ1n) is 7.44. The second kappa shape index (κ2) is 6.35. The maximum absolute atomic E-state index is 12.0. The predicted molar refractivity (Wildman–Crippen MR) is 92.2 cm³/mol. The molecule has 0 saturated heterocycles. The number of ether oxygens (including phenoxy) is 1. The number of nitrogens with zero attached hydrogens (tertiary/aromatic N) is 1. The summed E-state index contributed by atoms with van der Waals surface area (Å²) < 4.78 is 5.79. The Morgan fingerprint density at radius 3 is 2.68 bits per heavy atom. The van der Waals surface area contributed by atoms with E-state index in [2.05, 4.69) is 35.7 Å². The van der Waals surface area contributed by atoms with E-state index in [1.807, 2.05) is 25.1 Å². The molecule has 0 aliphatic heterocycles. The lowest BCUT2D eigenvalue weighted by atomic mass is 10.2. The van der Waals surface area contributed by atoms with E-state index >= 15 is 0 Å². The van der Waals surface area contributed by atoms with Crippen molar-refractivity contribution in [1.82, 2.24) is 9.97 Å². The molecule has 0 aliphatic rings. The lowest BCUT2D eigenvalue weighted by Crippen LogP contribution is -2.23. The maximum atomic E-state index is 12.0. The van der Waals surface area contributed by atoms with Crippen LogP contribution in [0.5, 0.6) is 11.5 Å². The number of hydrogen-bond acceptors (Lipinski definition) is 4. The van der Waals surface area contributed by atoms with Crippen molar-refractivity contribution < 1.29 is 4.74 Å². The first-order chi connectivity index (χ1) is 10.3. The predicted octanol–water partition coefficient (Wildman–Crippen LogP) is 3.13. The van der Waals surface area contributed by atoms with Crippen molar-refractivity contribution in [2.75, 3.05) is 5.73 Å². The molecule has 5 nitrogen and oxygen atoms in total. The Kier molecular flexibility index (Phi) is 4.70. The zero-order valence-corrected chi connectivity index (χ0v) is 14.6. The van der Waals surface area contributed by atoms with Gasteiger partial charge >= 0.3 is 0 Å². The summed E-state index contributed by atoms with van der Waals surface area (Å²) in [5.41, 5.74) is 7.02. The molecule has 2 rings (SSSR count). The Morgan fingerprint density at radius 2 is 2.05 bits per heavy atom. The highest BCUT2D eigenvalue weighted by Gasteiger charge is 2.15. The first kappa shape index (κ1) is 16.3. The zero-order valence-electron chi connectivity index (χ0n) is 13.6. The summed E-state index contributed by atoms with van der Waals surface area (Å²) in [6, 6.07) is 8.96.